The third-order valence-electron chi connectivity index (χ3n) is 3.11. The van der Waals surface area contributed by atoms with E-state index in [0.717, 1.165) is 0 Å². The first-order valence-electron chi connectivity index (χ1n) is 6.57. The number of urea groups is 1. The number of morpholine rings is 1. The van der Waals surface area contributed by atoms with E-state index in [0.29, 0.717) is 24.3 Å². The van der Waals surface area contributed by atoms with Crippen molar-refractivity contribution in [1.29, 1.82) is 0 Å². The molecule has 1 saturated heterocycles. The lowest BCUT2D eigenvalue weighted by Crippen LogP contribution is -2.48. The first-order valence-corrected chi connectivity index (χ1v) is 6.57. The van der Waals surface area contributed by atoms with Crippen molar-refractivity contribution in [3.05, 3.63) is 29.8 Å². The van der Waals surface area contributed by atoms with Gasteiger partial charge in [-0.25, -0.2) is 4.79 Å². The normalized spacial score (nSPS) is 22.4. The van der Waals surface area contributed by atoms with Crippen LogP contribution in [0, 0.1) is 0 Å². The number of anilines is 1. The highest BCUT2D eigenvalue weighted by Gasteiger charge is 2.26. The third kappa shape index (κ3) is 3.48. The van der Waals surface area contributed by atoms with Crippen molar-refractivity contribution < 1.29 is 14.3 Å². The molecule has 0 radical (unpaired) electrons. The molecule has 1 aliphatic rings. The molecule has 2 rings (SSSR count). The van der Waals surface area contributed by atoms with Crippen LogP contribution >= 0.6 is 0 Å². The molecule has 0 spiro atoms. The van der Waals surface area contributed by atoms with E-state index < -0.39 is 6.03 Å². The maximum atomic E-state index is 12.4. The number of nitrogens with two attached hydrogens (primary N) is 1. The van der Waals surface area contributed by atoms with E-state index in [2.05, 4.69) is 5.32 Å². The molecule has 1 fully saturated rings. The predicted octanol–water partition coefficient (Wildman–Crippen LogP) is 1.43. The second-order valence-electron chi connectivity index (χ2n) is 5.03. The first kappa shape index (κ1) is 14.3. The highest BCUT2D eigenvalue weighted by molar-refractivity contribution is 5.95. The Morgan fingerprint density at radius 3 is 2.25 bits per heavy atom. The average Bonchev–Trinajstić information content (AvgIpc) is 2.37. The molecule has 1 heterocycles. The van der Waals surface area contributed by atoms with Crippen LogP contribution in [0.15, 0.2) is 24.3 Å². The summed E-state index contributed by atoms with van der Waals surface area (Å²) in [5, 5.41) is 2.46. The smallest absolute Gasteiger partial charge is 0.316 e. The van der Waals surface area contributed by atoms with E-state index >= 15 is 0 Å². The molecule has 2 atom stereocenters. The summed E-state index contributed by atoms with van der Waals surface area (Å²) in [4.78, 5) is 24.9. The summed E-state index contributed by atoms with van der Waals surface area (Å²) < 4.78 is 5.61. The van der Waals surface area contributed by atoms with Crippen LogP contribution in [-0.4, -0.2) is 42.1 Å². The van der Waals surface area contributed by atoms with Crippen molar-refractivity contribution in [2.45, 2.75) is 26.1 Å². The van der Waals surface area contributed by atoms with Crippen LogP contribution in [0.25, 0.3) is 0 Å². The second-order valence-corrected chi connectivity index (χ2v) is 5.03. The van der Waals surface area contributed by atoms with Gasteiger partial charge in [0.1, 0.15) is 0 Å². The Morgan fingerprint density at radius 1 is 1.20 bits per heavy atom. The van der Waals surface area contributed by atoms with Crippen LogP contribution in [-0.2, 0) is 4.74 Å². The Kier molecular flexibility index (Phi) is 4.24. The number of carbonyl (C=O) groups excluding carboxylic acids is 2. The zero-order chi connectivity index (χ0) is 14.7. The molecule has 3 amide bonds. The third-order valence-corrected chi connectivity index (χ3v) is 3.11. The average molecular weight is 277 g/mol. The molecular formula is C14H19N3O3. The molecule has 1 aliphatic heterocycles. The highest BCUT2D eigenvalue weighted by Crippen LogP contribution is 2.16. The van der Waals surface area contributed by atoms with E-state index in [1.807, 2.05) is 13.8 Å². The molecule has 108 valence electrons. The van der Waals surface area contributed by atoms with E-state index in [1.54, 1.807) is 29.2 Å². The van der Waals surface area contributed by atoms with Gasteiger partial charge in [0.05, 0.1) is 12.2 Å². The van der Waals surface area contributed by atoms with Crippen LogP contribution in [0.3, 0.4) is 0 Å². The number of hydrogen-bond acceptors (Lipinski definition) is 3. The molecule has 1 aromatic carbocycles. The van der Waals surface area contributed by atoms with Gasteiger partial charge in [-0.05, 0) is 38.1 Å². The monoisotopic (exact) mass is 277 g/mol. The number of nitrogens with zero attached hydrogens (tertiary/aromatic N) is 1. The van der Waals surface area contributed by atoms with Crippen molar-refractivity contribution in [2.75, 3.05) is 18.4 Å². The summed E-state index contributed by atoms with van der Waals surface area (Å²) in [5.74, 6) is -0.0300. The summed E-state index contributed by atoms with van der Waals surface area (Å²) in [6.45, 7) is 5.08. The molecular weight excluding hydrogens is 258 g/mol. The second kappa shape index (κ2) is 5.92. The van der Waals surface area contributed by atoms with Crippen molar-refractivity contribution in [3.8, 4) is 0 Å². The maximum Gasteiger partial charge on any atom is 0.316 e. The molecule has 0 unspecified atom stereocenters. The standard InChI is InChI=1S/C14H19N3O3/c1-9-7-17(8-10(2)20-9)13(18)11-3-5-12(6-4-11)16-14(15)19/h3-6,9-10H,7-8H2,1-2H3,(H3,15,16,19)/t9-,10+. The predicted molar refractivity (Wildman–Crippen MR) is 75.6 cm³/mol. The number of ether oxygens (including phenoxy) is 1. The number of hydrogen-bond donors (Lipinski definition) is 2. The van der Waals surface area contributed by atoms with Gasteiger partial charge in [0, 0.05) is 24.3 Å². The summed E-state index contributed by atoms with van der Waals surface area (Å²) in [5.41, 5.74) is 6.18. The zero-order valence-corrected chi connectivity index (χ0v) is 11.6. The summed E-state index contributed by atoms with van der Waals surface area (Å²) in [7, 11) is 0. The van der Waals surface area contributed by atoms with Gasteiger partial charge >= 0.3 is 6.03 Å². The molecule has 0 bridgehead atoms. The van der Waals surface area contributed by atoms with Crippen LogP contribution in [0.1, 0.15) is 24.2 Å². The minimum absolute atomic E-state index is 0.0300. The van der Waals surface area contributed by atoms with Crippen molar-refractivity contribution >= 4 is 17.6 Å². The van der Waals surface area contributed by atoms with Gasteiger partial charge in [-0.2, -0.15) is 0 Å². The van der Waals surface area contributed by atoms with Gasteiger partial charge in [-0.15, -0.1) is 0 Å². The van der Waals surface area contributed by atoms with Crippen molar-refractivity contribution in [2.24, 2.45) is 5.73 Å². The van der Waals surface area contributed by atoms with Gasteiger partial charge in [0.2, 0.25) is 0 Å². The number of amides is 3. The zero-order valence-electron chi connectivity index (χ0n) is 11.6. The van der Waals surface area contributed by atoms with E-state index in [4.69, 9.17) is 10.5 Å². The molecule has 0 aromatic heterocycles. The van der Waals surface area contributed by atoms with Gasteiger partial charge in [0.15, 0.2) is 0 Å². The number of primary amides is 1. The number of carbonyl (C=O) groups is 2. The lowest BCUT2D eigenvalue weighted by atomic mass is 10.1. The van der Waals surface area contributed by atoms with Gasteiger partial charge < -0.3 is 20.7 Å². The molecule has 3 N–H and O–H groups in total. The molecule has 20 heavy (non-hydrogen) atoms. The molecule has 0 aliphatic carbocycles. The largest absolute Gasteiger partial charge is 0.372 e. The minimum atomic E-state index is -0.625. The molecule has 0 saturated carbocycles. The minimum Gasteiger partial charge on any atom is -0.372 e. The first-order chi connectivity index (χ1) is 9.45. The molecule has 6 heteroatoms. The van der Waals surface area contributed by atoms with Crippen LogP contribution in [0.4, 0.5) is 10.5 Å². The van der Waals surface area contributed by atoms with Crippen molar-refractivity contribution in [3.63, 3.8) is 0 Å². The number of nitrogens with one attached hydrogen (secondary N) is 1. The fraction of sp³-hybridized carbons (Fsp3) is 0.429. The van der Waals surface area contributed by atoms with Gasteiger partial charge in [-0.1, -0.05) is 0 Å². The lowest BCUT2D eigenvalue weighted by molar-refractivity contribution is -0.0586. The van der Waals surface area contributed by atoms with Crippen LogP contribution < -0.4 is 11.1 Å². The number of rotatable bonds is 2. The fourth-order valence-corrected chi connectivity index (χ4v) is 2.36. The Bertz CT molecular complexity index is 491. The summed E-state index contributed by atoms with van der Waals surface area (Å²) in [6.07, 6.45) is 0.0806. The number of benzene rings is 1. The molecule has 6 nitrogen and oxygen atoms in total. The SMILES string of the molecule is C[C@@H]1CN(C(=O)c2ccc(NC(N)=O)cc2)C[C@H](C)O1. The summed E-state index contributed by atoms with van der Waals surface area (Å²) in [6, 6.07) is 6.05. The summed E-state index contributed by atoms with van der Waals surface area (Å²) >= 11 is 0. The van der Waals surface area contributed by atoms with E-state index in [-0.39, 0.29) is 18.1 Å². The fourth-order valence-electron chi connectivity index (χ4n) is 2.36. The van der Waals surface area contributed by atoms with Gasteiger partial charge in [-0.3, -0.25) is 4.79 Å². The van der Waals surface area contributed by atoms with Crippen LogP contribution in [0.2, 0.25) is 0 Å². The Morgan fingerprint density at radius 2 is 1.75 bits per heavy atom. The highest BCUT2D eigenvalue weighted by atomic mass is 16.5. The Balaban J connectivity index is 2.07. The Labute approximate surface area is 117 Å². The Hall–Kier alpha value is -2.08. The topological polar surface area (TPSA) is 84.7 Å². The van der Waals surface area contributed by atoms with E-state index in [1.165, 1.54) is 0 Å². The lowest BCUT2D eigenvalue weighted by Gasteiger charge is -2.35. The van der Waals surface area contributed by atoms with Gasteiger partial charge in [0.25, 0.3) is 5.91 Å². The molecule has 1 aromatic rings. The van der Waals surface area contributed by atoms with Crippen molar-refractivity contribution in [1.82, 2.24) is 4.90 Å². The maximum absolute atomic E-state index is 12.4. The van der Waals surface area contributed by atoms with E-state index in [9.17, 15) is 9.59 Å². The quantitative estimate of drug-likeness (QED) is 0.857. The van der Waals surface area contributed by atoms with Crippen LogP contribution in [0.5, 0.6) is 0 Å².